The molecule has 0 radical (unpaired) electrons. The third kappa shape index (κ3) is 8.02. The maximum Gasteiger partial charge on any atom is 0.0692 e. The van der Waals surface area contributed by atoms with Gasteiger partial charge in [-0.1, -0.05) is 76.8 Å². The van der Waals surface area contributed by atoms with Crippen LogP contribution in [-0.2, 0) is 6.54 Å². The highest BCUT2D eigenvalue weighted by Gasteiger charge is 2.07. The van der Waals surface area contributed by atoms with E-state index < -0.39 is 0 Å². The first-order valence-corrected chi connectivity index (χ1v) is 8.20. The van der Waals surface area contributed by atoms with Crippen molar-refractivity contribution in [3.63, 3.8) is 0 Å². The summed E-state index contributed by atoms with van der Waals surface area (Å²) < 4.78 is 1.94. The molecule has 1 aromatic rings. The summed E-state index contributed by atoms with van der Waals surface area (Å²) >= 11 is 0. The largest absolute Gasteiger partial charge is 0.253 e. The first-order valence-electron chi connectivity index (χ1n) is 8.20. The van der Waals surface area contributed by atoms with E-state index in [1.165, 1.54) is 64.2 Å². The van der Waals surface area contributed by atoms with Crippen molar-refractivity contribution in [3.05, 3.63) is 12.4 Å². The molecule has 19 heavy (non-hydrogen) atoms. The predicted octanol–water partition coefficient (Wildman–Crippen LogP) is 4.84. The Morgan fingerprint density at radius 2 is 1.58 bits per heavy atom. The second kappa shape index (κ2) is 11.0. The van der Waals surface area contributed by atoms with Crippen LogP contribution in [0.1, 0.15) is 78.1 Å². The van der Waals surface area contributed by atoms with Gasteiger partial charge >= 0.3 is 0 Å². The van der Waals surface area contributed by atoms with Gasteiger partial charge < -0.3 is 0 Å². The highest BCUT2D eigenvalue weighted by Crippen LogP contribution is 2.22. The highest BCUT2D eigenvalue weighted by molar-refractivity contribution is 4.65. The van der Waals surface area contributed by atoms with Gasteiger partial charge in [-0.05, 0) is 12.3 Å². The molecule has 1 unspecified atom stereocenters. The van der Waals surface area contributed by atoms with E-state index in [0.29, 0.717) is 0 Å². The molecule has 1 atom stereocenters. The molecule has 0 bridgehead atoms. The molecular weight excluding hydrogens is 234 g/mol. The molecule has 0 spiro atoms. The predicted molar refractivity (Wildman–Crippen MR) is 81.0 cm³/mol. The van der Waals surface area contributed by atoms with Crippen LogP contribution in [0.4, 0.5) is 0 Å². The van der Waals surface area contributed by atoms with Crippen molar-refractivity contribution in [2.45, 2.75) is 84.6 Å². The van der Waals surface area contributed by atoms with Crippen LogP contribution in [0.2, 0.25) is 0 Å². The van der Waals surface area contributed by atoms with E-state index in [1.807, 2.05) is 10.9 Å². The summed E-state index contributed by atoms with van der Waals surface area (Å²) in [7, 11) is 0. The van der Waals surface area contributed by atoms with E-state index in [-0.39, 0.29) is 0 Å². The zero-order valence-corrected chi connectivity index (χ0v) is 12.9. The molecule has 0 aliphatic rings. The summed E-state index contributed by atoms with van der Waals surface area (Å²) in [6, 6.07) is 0. The highest BCUT2D eigenvalue weighted by atomic mass is 15.4. The van der Waals surface area contributed by atoms with Gasteiger partial charge in [0.15, 0.2) is 0 Å². The van der Waals surface area contributed by atoms with E-state index in [2.05, 4.69) is 24.2 Å². The summed E-state index contributed by atoms with van der Waals surface area (Å²) in [4.78, 5) is 0. The molecule has 0 N–H and O–H groups in total. The molecule has 3 nitrogen and oxygen atoms in total. The molecule has 0 amide bonds. The summed E-state index contributed by atoms with van der Waals surface area (Å²) in [5.41, 5.74) is 0. The number of rotatable bonds is 12. The molecule has 110 valence electrons. The van der Waals surface area contributed by atoms with Crippen molar-refractivity contribution in [1.82, 2.24) is 15.0 Å². The number of aryl methyl sites for hydroxylation is 1. The minimum atomic E-state index is 0.960. The second-order valence-corrected chi connectivity index (χ2v) is 5.67. The average molecular weight is 265 g/mol. The summed E-state index contributed by atoms with van der Waals surface area (Å²) in [6.45, 7) is 5.61. The molecule has 0 saturated carbocycles. The molecule has 1 aromatic heterocycles. The van der Waals surface area contributed by atoms with Gasteiger partial charge in [-0.25, -0.2) is 0 Å². The lowest BCUT2D eigenvalue weighted by molar-refractivity contribution is 0.369. The minimum Gasteiger partial charge on any atom is -0.253 e. The van der Waals surface area contributed by atoms with Crippen LogP contribution >= 0.6 is 0 Å². The van der Waals surface area contributed by atoms with Crippen LogP contribution in [0.3, 0.4) is 0 Å². The Labute approximate surface area is 118 Å². The third-order valence-corrected chi connectivity index (χ3v) is 3.90. The Morgan fingerprint density at radius 1 is 0.895 bits per heavy atom. The third-order valence-electron chi connectivity index (χ3n) is 3.90. The fraction of sp³-hybridized carbons (Fsp3) is 0.875. The second-order valence-electron chi connectivity index (χ2n) is 5.67. The minimum absolute atomic E-state index is 0.960. The first kappa shape index (κ1) is 16.2. The number of hydrogen-bond acceptors (Lipinski definition) is 2. The van der Waals surface area contributed by atoms with Crippen molar-refractivity contribution in [2.24, 2.45) is 5.92 Å². The monoisotopic (exact) mass is 265 g/mol. The Morgan fingerprint density at radius 3 is 2.21 bits per heavy atom. The molecule has 0 aromatic carbocycles. The normalized spacial score (nSPS) is 12.7. The van der Waals surface area contributed by atoms with Gasteiger partial charge in [0.1, 0.15) is 0 Å². The maximum atomic E-state index is 4.01. The van der Waals surface area contributed by atoms with Crippen molar-refractivity contribution in [2.75, 3.05) is 0 Å². The van der Waals surface area contributed by atoms with Crippen LogP contribution < -0.4 is 0 Å². The Bertz CT molecular complexity index is 282. The lowest BCUT2D eigenvalue weighted by Crippen LogP contribution is -2.03. The van der Waals surface area contributed by atoms with E-state index in [9.17, 15) is 0 Å². The Hall–Kier alpha value is -0.860. The van der Waals surface area contributed by atoms with Gasteiger partial charge in [0, 0.05) is 12.7 Å². The zero-order chi connectivity index (χ0) is 13.8. The van der Waals surface area contributed by atoms with Gasteiger partial charge in [0.2, 0.25) is 0 Å². The Kier molecular flexibility index (Phi) is 9.38. The van der Waals surface area contributed by atoms with Crippen molar-refractivity contribution in [1.29, 1.82) is 0 Å². The fourth-order valence-electron chi connectivity index (χ4n) is 2.67. The maximum absolute atomic E-state index is 4.01. The Balaban J connectivity index is 2.11. The zero-order valence-electron chi connectivity index (χ0n) is 12.9. The van der Waals surface area contributed by atoms with E-state index >= 15 is 0 Å². The fourth-order valence-corrected chi connectivity index (χ4v) is 2.67. The van der Waals surface area contributed by atoms with Crippen LogP contribution in [0.5, 0.6) is 0 Å². The van der Waals surface area contributed by atoms with Crippen LogP contribution in [0, 0.1) is 5.92 Å². The van der Waals surface area contributed by atoms with Gasteiger partial charge in [-0.2, -0.15) is 0 Å². The SMILES string of the molecule is CCCCCC(CCCC)CCCCn1ccnn1. The van der Waals surface area contributed by atoms with E-state index in [4.69, 9.17) is 0 Å². The van der Waals surface area contributed by atoms with E-state index in [1.54, 1.807) is 6.20 Å². The van der Waals surface area contributed by atoms with Gasteiger partial charge in [0.05, 0.1) is 6.20 Å². The average Bonchev–Trinajstić information content (AvgIpc) is 2.93. The summed E-state index contributed by atoms with van der Waals surface area (Å²) in [5, 5.41) is 7.85. The van der Waals surface area contributed by atoms with Crippen LogP contribution in [-0.4, -0.2) is 15.0 Å². The summed E-state index contributed by atoms with van der Waals surface area (Å²) in [6.07, 6.45) is 17.5. The topological polar surface area (TPSA) is 30.7 Å². The lowest BCUT2D eigenvalue weighted by Gasteiger charge is -2.16. The lowest BCUT2D eigenvalue weighted by atomic mass is 9.91. The van der Waals surface area contributed by atoms with Gasteiger partial charge in [0.25, 0.3) is 0 Å². The molecule has 0 saturated heterocycles. The number of nitrogens with zero attached hydrogens (tertiary/aromatic N) is 3. The van der Waals surface area contributed by atoms with Crippen LogP contribution in [0.15, 0.2) is 12.4 Å². The smallest absolute Gasteiger partial charge is 0.0692 e. The molecule has 0 fully saturated rings. The molecular formula is C16H31N3. The van der Waals surface area contributed by atoms with Crippen LogP contribution in [0.25, 0.3) is 0 Å². The van der Waals surface area contributed by atoms with Crippen molar-refractivity contribution >= 4 is 0 Å². The molecule has 0 aliphatic heterocycles. The first-order chi connectivity index (χ1) is 9.36. The van der Waals surface area contributed by atoms with E-state index in [0.717, 1.165) is 12.5 Å². The van der Waals surface area contributed by atoms with Gasteiger partial charge in [-0.3, -0.25) is 4.68 Å². The number of hydrogen-bond donors (Lipinski definition) is 0. The molecule has 0 aliphatic carbocycles. The summed E-state index contributed by atoms with van der Waals surface area (Å²) in [5.74, 6) is 0.960. The molecule has 1 heterocycles. The molecule has 3 heteroatoms. The van der Waals surface area contributed by atoms with Crippen molar-refractivity contribution in [3.8, 4) is 0 Å². The number of aromatic nitrogens is 3. The number of unbranched alkanes of at least 4 members (excludes halogenated alkanes) is 4. The van der Waals surface area contributed by atoms with Gasteiger partial charge in [-0.15, -0.1) is 5.10 Å². The van der Waals surface area contributed by atoms with Crippen molar-refractivity contribution < 1.29 is 0 Å². The standard InChI is InChI=1S/C16H31N3/c1-3-5-7-11-16(10-6-4-2)12-8-9-14-19-15-13-17-18-19/h13,15-16H,3-12,14H2,1-2H3. The quantitative estimate of drug-likeness (QED) is 0.506. The molecule has 1 rings (SSSR count).